The van der Waals surface area contributed by atoms with Crippen molar-refractivity contribution < 1.29 is 51.3 Å². The molecule has 0 fully saturated rings. The Morgan fingerprint density at radius 1 is 0.860 bits per heavy atom. The van der Waals surface area contributed by atoms with E-state index in [2.05, 4.69) is 20.6 Å². The normalized spacial score (nSPS) is 11.3. The minimum atomic E-state index is -5.08. The number of nitrogens with one attached hydrogen (secondary N) is 2. The maximum Gasteiger partial charge on any atom is 0.490 e. The summed E-state index contributed by atoms with van der Waals surface area (Å²) in [6.07, 6.45) is -5.08. The van der Waals surface area contributed by atoms with Crippen molar-refractivity contribution in [3.8, 4) is 16.9 Å². The molecule has 0 aliphatic rings. The molecular weight excluding hydrogens is 676 g/mol. The number of carboxylic acids is 1. The summed E-state index contributed by atoms with van der Waals surface area (Å²) in [5.41, 5.74) is 0.656. The monoisotopic (exact) mass is 703 g/mol. The standard InChI is InChI=1S/C31H26F3N5O4.C2HF3O2/c1-16-7-9-19(35-30(43)18-8-6-17(2)25(34)12-18)13-22(16)27-21-10-11-26(42)39(28-23(32)4-3-5-24(28)33)29(21)38-31(37-27)36-20(14-40)15-41;3-2(4,5)1(6)7/h3-13,20,40-41H,14-15H2,1-2H3,(H,35,43)(H,36,37,38);(H,6,7). The van der Waals surface area contributed by atoms with Crippen LogP contribution in [0.5, 0.6) is 0 Å². The first-order valence-electron chi connectivity index (χ1n) is 14.4. The summed E-state index contributed by atoms with van der Waals surface area (Å²) >= 11 is 0. The number of benzene rings is 3. The molecule has 3 aromatic carbocycles. The molecule has 50 heavy (non-hydrogen) atoms. The van der Waals surface area contributed by atoms with Crippen LogP contribution in [0.25, 0.3) is 28.0 Å². The number of para-hydroxylation sites is 1. The van der Waals surface area contributed by atoms with Crippen LogP contribution in [-0.2, 0) is 4.79 Å². The molecule has 1 amide bonds. The van der Waals surface area contributed by atoms with Crippen LogP contribution < -0.4 is 16.2 Å². The quantitative estimate of drug-likeness (QED) is 0.138. The van der Waals surface area contributed by atoms with Gasteiger partial charge in [-0.1, -0.05) is 18.2 Å². The van der Waals surface area contributed by atoms with E-state index in [0.717, 1.165) is 28.8 Å². The summed E-state index contributed by atoms with van der Waals surface area (Å²) in [7, 11) is 0. The van der Waals surface area contributed by atoms with Crippen molar-refractivity contribution >= 4 is 34.5 Å². The van der Waals surface area contributed by atoms with Crippen molar-refractivity contribution in [3.05, 3.63) is 111 Å². The number of carbonyl (C=O) groups is 2. The lowest BCUT2D eigenvalue weighted by molar-refractivity contribution is -0.192. The first-order chi connectivity index (χ1) is 23.5. The van der Waals surface area contributed by atoms with Gasteiger partial charge in [-0.15, -0.1) is 0 Å². The highest BCUT2D eigenvalue weighted by Crippen LogP contribution is 2.33. The van der Waals surface area contributed by atoms with Gasteiger partial charge in [-0.05, 0) is 67.4 Å². The third-order valence-electron chi connectivity index (χ3n) is 7.11. The molecule has 0 radical (unpaired) electrons. The number of alkyl halides is 3. The van der Waals surface area contributed by atoms with Gasteiger partial charge in [0.1, 0.15) is 23.1 Å². The number of halogens is 6. The van der Waals surface area contributed by atoms with Crippen LogP contribution in [-0.4, -0.2) is 67.2 Å². The zero-order chi connectivity index (χ0) is 36.9. The molecule has 5 aromatic rings. The number of nitrogens with zero attached hydrogens (tertiary/aromatic N) is 3. The first kappa shape index (κ1) is 37.0. The fourth-order valence-corrected chi connectivity index (χ4v) is 4.53. The summed E-state index contributed by atoms with van der Waals surface area (Å²) in [5.74, 6) is -5.97. The van der Waals surface area contributed by atoms with E-state index in [1.165, 1.54) is 24.3 Å². The van der Waals surface area contributed by atoms with Crippen LogP contribution in [0.1, 0.15) is 21.5 Å². The number of aliphatic hydroxyl groups is 2. The number of aliphatic hydroxyl groups excluding tert-OH is 2. The van der Waals surface area contributed by atoms with Crippen LogP contribution in [0, 0.1) is 31.3 Å². The van der Waals surface area contributed by atoms with Gasteiger partial charge in [0.25, 0.3) is 11.5 Å². The van der Waals surface area contributed by atoms with Crippen molar-refractivity contribution in [2.75, 3.05) is 23.8 Å². The lowest BCUT2D eigenvalue weighted by Crippen LogP contribution is -2.29. The van der Waals surface area contributed by atoms with Crippen LogP contribution in [0.2, 0.25) is 0 Å². The number of fused-ring (bicyclic) bond motifs is 1. The van der Waals surface area contributed by atoms with Crippen molar-refractivity contribution in [1.82, 2.24) is 14.5 Å². The van der Waals surface area contributed by atoms with E-state index in [-0.39, 0.29) is 28.2 Å². The van der Waals surface area contributed by atoms with Gasteiger partial charge in [-0.25, -0.2) is 22.9 Å². The lowest BCUT2D eigenvalue weighted by atomic mass is 10.0. The van der Waals surface area contributed by atoms with E-state index in [1.54, 1.807) is 32.0 Å². The van der Waals surface area contributed by atoms with Gasteiger partial charge in [0, 0.05) is 28.3 Å². The maximum absolute atomic E-state index is 14.9. The predicted octanol–water partition coefficient (Wildman–Crippen LogP) is 5.13. The summed E-state index contributed by atoms with van der Waals surface area (Å²) in [4.78, 5) is 43.8. The van der Waals surface area contributed by atoms with Gasteiger partial charge in [-0.3, -0.25) is 14.2 Å². The number of rotatable bonds is 8. The van der Waals surface area contributed by atoms with Gasteiger partial charge in [0.05, 0.1) is 24.9 Å². The van der Waals surface area contributed by atoms with E-state index < -0.39 is 66.0 Å². The van der Waals surface area contributed by atoms with Gasteiger partial charge >= 0.3 is 12.1 Å². The number of hydrogen-bond acceptors (Lipinski definition) is 8. The summed E-state index contributed by atoms with van der Waals surface area (Å²) in [5, 5.41) is 32.1. The molecule has 0 saturated heterocycles. The number of aromatic nitrogens is 3. The van der Waals surface area contributed by atoms with E-state index >= 15 is 0 Å². The number of amides is 1. The number of anilines is 2. The molecule has 5 rings (SSSR count). The van der Waals surface area contributed by atoms with Gasteiger partial charge in [0.15, 0.2) is 5.65 Å². The van der Waals surface area contributed by atoms with E-state index in [4.69, 9.17) is 9.90 Å². The molecule has 0 aliphatic heterocycles. The molecule has 2 aromatic heterocycles. The number of aliphatic carboxylic acids is 1. The van der Waals surface area contributed by atoms with Gasteiger partial charge in [-0.2, -0.15) is 18.2 Å². The van der Waals surface area contributed by atoms with Crippen LogP contribution in [0.15, 0.2) is 71.5 Å². The van der Waals surface area contributed by atoms with Crippen molar-refractivity contribution in [1.29, 1.82) is 0 Å². The third kappa shape index (κ3) is 8.24. The zero-order valence-electron chi connectivity index (χ0n) is 26.0. The number of carbonyl (C=O) groups excluding carboxylic acids is 1. The minimum absolute atomic E-state index is 0.110. The molecule has 5 N–H and O–H groups in total. The number of aryl methyl sites for hydroxylation is 2. The fourth-order valence-electron chi connectivity index (χ4n) is 4.53. The molecule has 2 heterocycles. The molecule has 262 valence electrons. The zero-order valence-corrected chi connectivity index (χ0v) is 26.0. The highest BCUT2D eigenvalue weighted by atomic mass is 19.4. The third-order valence-corrected chi connectivity index (χ3v) is 7.11. The Balaban J connectivity index is 0.000000727. The summed E-state index contributed by atoms with van der Waals surface area (Å²) in [6, 6.07) is 13.9. The lowest BCUT2D eigenvalue weighted by Gasteiger charge is -2.18. The molecule has 0 atom stereocenters. The second kappa shape index (κ2) is 15.2. The molecule has 17 heteroatoms. The van der Waals surface area contributed by atoms with Crippen LogP contribution in [0.4, 0.5) is 38.0 Å². The van der Waals surface area contributed by atoms with Gasteiger partial charge in [0.2, 0.25) is 5.95 Å². The van der Waals surface area contributed by atoms with Crippen molar-refractivity contribution in [2.24, 2.45) is 0 Å². The molecule has 0 aliphatic carbocycles. The smallest absolute Gasteiger partial charge is 0.475 e. The average molecular weight is 704 g/mol. The highest BCUT2D eigenvalue weighted by Gasteiger charge is 2.38. The number of pyridine rings is 1. The molecule has 0 spiro atoms. The Morgan fingerprint density at radius 3 is 2.06 bits per heavy atom. The average Bonchev–Trinajstić information content (AvgIpc) is 3.06. The minimum Gasteiger partial charge on any atom is -0.475 e. The predicted molar refractivity (Wildman–Crippen MR) is 170 cm³/mol. The van der Waals surface area contributed by atoms with Crippen LogP contribution in [0.3, 0.4) is 0 Å². The molecule has 0 unspecified atom stereocenters. The Bertz CT molecular complexity index is 2120. The number of carboxylic acid groups (broad SMARTS) is 1. The van der Waals surface area contributed by atoms with Crippen molar-refractivity contribution in [3.63, 3.8) is 0 Å². The summed E-state index contributed by atoms with van der Waals surface area (Å²) < 4.78 is 76.4. The Kier molecular flexibility index (Phi) is 11.2. The molecular formula is C33H27F6N5O6. The Hall–Kier alpha value is -5.81. The Morgan fingerprint density at radius 2 is 1.48 bits per heavy atom. The Labute approximate surface area is 278 Å². The summed E-state index contributed by atoms with van der Waals surface area (Å²) in [6.45, 7) is 2.38. The largest absolute Gasteiger partial charge is 0.490 e. The van der Waals surface area contributed by atoms with E-state index in [9.17, 15) is 46.1 Å². The molecule has 0 saturated carbocycles. The van der Waals surface area contributed by atoms with Crippen molar-refractivity contribution in [2.45, 2.75) is 26.1 Å². The number of hydrogen-bond donors (Lipinski definition) is 5. The second-order valence-corrected chi connectivity index (χ2v) is 10.7. The second-order valence-electron chi connectivity index (χ2n) is 10.7. The topological polar surface area (TPSA) is 167 Å². The van der Waals surface area contributed by atoms with E-state index in [0.29, 0.717) is 22.4 Å². The fraction of sp³-hybridized carbons (Fsp3) is 0.182. The maximum atomic E-state index is 14.9. The molecule has 11 nitrogen and oxygen atoms in total. The molecule has 0 bridgehead atoms. The highest BCUT2D eigenvalue weighted by molar-refractivity contribution is 6.05. The van der Waals surface area contributed by atoms with Gasteiger partial charge < -0.3 is 26.0 Å². The SMILES string of the molecule is Cc1ccc(C(=O)Nc2ccc(C)c(-c3nc(NC(CO)CO)nc4c3ccc(=O)n4-c3c(F)cccc3F)c2)cc1F.O=C(O)C(F)(F)F. The van der Waals surface area contributed by atoms with E-state index in [1.807, 2.05) is 0 Å². The first-order valence-corrected chi connectivity index (χ1v) is 14.4. The van der Waals surface area contributed by atoms with Crippen LogP contribution >= 0.6 is 0 Å².